The summed E-state index contributed by atoms with van der Waals surface area (Å²) in [5.41, 5.74) is 2.06. The zero-order valence-corrected chi connectivity index (χ0v) is 13.3. The molecule has 4 rings (SSSR count). The van der Waals surface area contributed by atoms with Crippen molar-refractivity contribution in [2.24, 2.45) is 5.92 Å². The average Bonchev–Trinajstić information content (AvgIpc) is 3.13. The second kappa shape index (κ2) is 6.42. The summed E-state index contributed by atoms with van der Waals surface area (Å²) in [5.74, 6) is 0.213. The molecule has 0 unspecified atom stereocenters. The number of hydrogen-bond acceptors (Lipinski definition) is 3. The molecule has 4 nitrogen and oxygen atoms in total. The highest BCUT2D eigenvalue weighted by atomic mass is 16.1. The first-order valence-corrected chi connectivity index (χ1v) is 8.22. The molecular weight excluding hydrogens is 298 g/mol. The first-order valence-electron chi connectivity index (χ1n) is 8.22. The first kappa shape index (κ1) is 14.8. The van der Waals surface area contributed by atoms with E-state index in [2.05, 4.69) is 27.8 Å². The van der Waals surface area contributed by atoms with E-state index in [0.717, 1.165) is 23.0 Å². The molecule has 1 aliphatic heterocycles. The van der Waals surface area contributed by atoms with Crippen molar-refractivity contribution in [2.45, 2.75) is 5.92 Å². The average molecular weight is 317 g/mol. The molecule has 2 N–H and O–H groups in total. The lowest BCUT2D eigenvalue weighted by Gasteiger charge is -2.19. The van der Waals surface area contributed by atoms with Gasteiger partial charge in [0.2, 0.25) is 5.91 Å². The lowest BCUT2D eigenvalue weighted by molar-refractivity contribution is -0.119. The normalized spacial score (nSPS) is 20.2. The van der Waals surface area contributed by atoms with Gasteiger partial charge in [0.15, 0.2) is 0 Å². The van der Waals surface area contributed by atoms with Crippen LogP contribution < -0.4 is 10.6 Å². The number of amides is 1. The Balaban J connectivity index is 1.59. The molecule has 0 bridgehead atoms. The van der Waals surface area contributed by atoms with E-state index in [-0.39, 0.29) is 17.7 Å². The molecule has 3 aromatic rings. The van der Waals surface area contributed by atoms with Crippen molar-refractivity contribution in [1.29, 1.82) is 0 Å². The van der Waals surface area contributed by atoms with Crippen molar-refractivity contribution < 1.29 is 4.79 Å². The van der Waals surface area contributed by atoms with Gasteiger partial charge in [0.1, 0.15) is 0 Å². The monoisotopic (exact) mass is 317 g/mol. The van der Waals surface area contributed by atoms with Gasteiger partial charge in [-0.25, -0.2) is 0 Å². The standard InChI is InChI=1S/C20H19N3O/c24-20(18-13-22-12-17(18)14-5-2-1-3-6-14)23-19-8-4-7-15-11-21-10-9-16(15)19/h1-11,17-18,22H,12-13H2,(H,23,24)/t17-,18+/m1/s1. The first-order chi connectivity index (χ1) is 11.8. The van der Waals surface area contributed by atoms with Crippen LogP contribution in [0, 0.1) is 5.92 Å². The molecule has 24 heavy (non-hydrogen) atoms. The number of fused-ring (bicyclic) bond motifs is 1. The summed E-state index contributed by atoms with van der Waals surface area (Å²) in [6.07, 6.45) is 3.57. The fraction of sp³-hybridized carbons (Fsp3) is 0.200. The number of nitrogens with zero attached hydrogens (tertiary/aromatic N) is 1. The summed E-state index contributed by atoms with van der Waals surface area (Å²) >= 11 is 0. The summed E-state index contributed by atoms with van der Waals surface area (Å²) < 4.78 is 0. The third-order valence-electron chi connectivity index (χ3n) is 4.72. The summed E-state index contributed by atoms with van der Waals surface area (Å²) in [6, 6.07) is 18.1. The molecule has 1 fully saturated rings. The molecule has 0 saturated carbocycles. The Morgan fingerprint density at radius 1 is 1.04 bits per heavy atom. The van der Waals surface area contributed by atoms with Crippen LogP contribution >= 0.6 is 0 Å². The van der Waals surface area contributed by atoms with Gasteiger partial charge in [-0.15, -0.1) is 0 Å². The number of carbonyl (C=O) groups is 1. The second-order valence-electron chi connectivity index (χ2n) is 6.17. The molecule has 0 aliphatic carbocycles. The Bertz CT molecular complexity index is 858. The van der Waals surface area contributed by atoms with Gasteiger partial charge in [-0.05, 0) is 17.7 Å². The summed E-state index contributed by atoms with van der Waals surface area (Å²) in [6.45, 7) is 1.54. The summed E-state index contributed by atoms with van der Waals surface area (Å²) in [7, 11) is 0. The van der Waals surface area contributed by atoms with E-state index in [1.54, 1.807) is 6.20 Å². The smallest absolute Gasteiger partial charge is 0.229 e. The predicted octanol–water partition coefficient (Wildman–Crippen LogP) is 3.18. The Kier molecular flexibility index (Phi) is 3.97. The molecule has 120 valence electrons. The van der Waals surface area contributed by atoms with Crippen LogP contribution in [0.1, 0.15) is 11.5 Å². The lowest BCUT2D eigenvalue weighted by Crippen LogP contribution is -2.28. The second-order valence-corrected chi connectivity index (χ2v) is 6.17. The highest BCUT2D eigenvalue weighted by molar-refractivity contribution is 6.02. The van der Waals surface area contributed by atoms with Crippen molar-refractivity contribution in [2.75, 3.05) is 18.4 Å². The maximum atomic E-state index is 12.9. The van der Waals surface area contributed by atoms with Crippen LogP contribution in [0.3, 0.4) is 0 Å². The molecule has 2 heterocycles. The van der Waals surface area contributed by atoms with Crippen LogP contribution in [0.15, 0.2) is 67.0 Å². The minimum Gasteiger partial charge on any atom is -0.325 e. The number of nitrogens with one attached hydrogen (secondary N) is 2. The maximum absolute atomic E-state index is 12.9. The quantitative estimate of drug-likeness (QED) is 0.780. The fourth-order valence-corrected chi connectivity index (χ4v) is 3.46. The van der Waals surface area contributed by atoms with Crippen LogP contribution in [-0.4, -0.2) is 24.0 Å². The maximum Gasteiger partial charge on any atom is 0.229 e. The van der Waals surface area contributed by atoms with E-state index < -0.39 is 0 Å². The number of rotatable bonds is 3. The Labute approximate surface area is 140 Å². The number of hydrogen-bond donors (Lipinski definition) is 2. The molecule has 0 spiro atoms. The lowest BCUT2D eigenvalue weighted by atomic mass is 9.88. The SMILES string of the molecule is O=C(Nc1cccc2cnccc12)[C@H]1CNC[C@@H]1c1ccccc1. The molecule has 1 amide bonds. The highest BCUT2D eigenvalue weighted by Crippen LogP contribution is 2.30. The molecule has 4 heteroatoms. The van der Waals surface area contributed by atoms with E-state index in [9.17, 15) is 4.79 Å². The van der Waals surface area contributed by atoms with Gasteiger partial charge in [-0.2, -0.15) is 0 Å². The molecule has 1 aromatic heterocycles. The van der Waals surface area contributed by atoms with Crippen LogP contribution in [0.25, 0.3) is 10.8 Å². The Morgan fingerprint density at radius 3 is 2.79 bits per heavy atom. The van der Waals surface area contributed by atoms with E-state index in [1.807, 2.05) is 48.7 Å². The molecule has 1 saturated heterocycles. The van der Waals surface area contributed by atoms with Crippen LogP contribution in [0.5, 0.6) is 0 Å². The van der Waals surface area contributed by atoms with E-state index >= 15 is 0 Å². The third kappa shape index (κ3) is 2.76. The van der Waals surface area contributed by atoms with Gasteiger partial charge in [-0.3, -0.25) is 9.78 Å². The van der Waals surface area contributed by atoms with Crippen molar-refractivity contribution >= 4 is 22.4 Å². The number of aromatic nitrogens is 1. The molecule has 2 atom stereocenters. The van der Waals surface area contributed by atoms with Gasteiger partial charge < -0.3 is 10.6 Å². The van der Waals surface area contributed by atoms with E-state index in [1.165, 1.54) is 5.56 Å². The largest absolute Gasteiger partial charge is 0.325 e. The molecule has 0 radical (unpaired) electrons. The predicted molar refractivity (Wildman–Crippen MR) is 95.9 cm³/mol. The molecule has 2 aromatic carbocycles. The summed E-state index contributed by atoms with van der Waals surface area (Å²) in [5, 5.41) is 8.52. The van der Waals surface area contributed by atoms with Gasteiger partial charge in [-0.1, -0.05) is 42.5 Å². The van der Waals surface area contributed by atoms with Crippen molar-refractivity contribution in [3.8, 4) is 0 Å². The number of pyridine rings is 1. The minimum absolute atomic E-state index is 0.0653. The van der Waals surface area contributed by atoms with Gasteiger partial charge >= 0.3 is 0 Å². The number of carbonyl (C=O) groups excluding carboxylic acids is 1. The van der Waals surface area contributed by atoms with Gasteiger partial charge in [0, 0.05) is 47.9 Å². The molecular formula is C20H19N3O. The fourth-order valence-electron chi connectivity index (χ4n) is 3.46. The van der Waals surface area contributed by atoms with Crippen LogP contribution in [0.2, 0.25) is 0 Å². The van der Waals surface area contributed by atoms with Crippen LogP contribution in [-0.2, 0) is 4.79 Å². The van der Waals surface area contributed by atoms with Crippen LogP contribution in [0.4, 0.5) is 5.69 Å². The summed E-state index contributed by atoms with van der Waals surface area (Å²) in [4.78, 5) is 17.0. The highest BCUT2D eigenvalue weighted by Gasteiger charge is 2.33. The molecule has 1 aliphatic rings. The zero-order chi connectivity index (χ0) is 16.4. The topological polar surface area (TPSA) is 54.0 Å². The zero-order valence-electron chi connectivity index (χ0n) is 13.3. The Morgan fingerprint density at radius 2 is 1.92 bits per heavy atom. The van der Waals surface area contributed by atoms with Gasteiger partial charge in [0.05, 0.1) is 5.92 Å². The van der Waals surface area contributed by atoms with E-state index in [0.29, 0.717) is 6.54 Å². The van der Waals surface area contributed by atoms with Crippen molar-refractivity contribution in [3.05, 3.63) is 72.6 Å². The minimum atomic E-state index is -0.0653. The van der Waals surface area contributed by atoms with Crippen molar-refractivity contribution in [3.63, 3.8) is 0 Å². The number of benzene rings is 2. The van der Waals surface area contributed by atoms with E-state index in [4.69, 9.17) is 0 Å². The Hall–Kier alpha value is -2.72. The number of anilines is 1. The third-order valence-corrected chi connectivity index (χ3v) is 4.72. The van der Waals surface area contributed by atoms with Gasteiger partial charge in [0.25, 0.3) is 0 Å². The van der Waals surface area contributed by atoms with Crippen molar-refractivity contribution in [1.82, 2.24) is 10.3 Å².